The van der Waals surface area contributed by atoms with Crippen molar-refractivity contribution in [2.45, 2.75) is 19.4 Å². The maximum absolute atomic E-state index is 5.69. The Hall–Kier alpha value is -0.600. The van der Waals surface area contributed by atoms with Crippen LogP contribution in [0.15, 0.2) is 41.4 Å². The van der Waals surface area contributed by atoms with Crippen LogP contribution in [-0.4, -0.2) is 6.61 Å². The van der Waals surface area contributed by atoms with Gasteiger partial charge in [0.05, 0.1) is 6.61 Å². The number of benzene rings is 1. The van der Waals surface area contributed by atoms with Crippen molar-refractivity contribution in [2.75, 3.05) is 6.61 Å². The van der Waals surface area contributed by atoms with E-state index in [0.717, 1.165) is 11.1 Å². The van der Waals surface area contributed by atoms with Gasteiger partial charge in [-0.05, 0) is 17.7 Å². The van der Waals surface area contributed by atoms with Gasteiger partial charge in [-0.3, -0.25) is 0 Å². The van der Waals surface area contributed by atoms with Gasteiger partial charge in [0.1, 0.15) is 5.60 Å². The second-order valence-corrected chi connectivity index (χ2v) is 5.46. The zero-order chi connectivity index (χ0) is 11.1. The van der Waals surface area contributed by atoms with E-state index < -0.39 is 0 Å². The third-order valence-electron chi connectivity index (χ3n) is 3.29. The van der Waals surface area contributed by atoms with E-state index in [2.05, 4.69) is 60.6 Å². The van der Waals surface area contributed by atoms with Gasteiger partial charge in [0.2, 0.25) is 0 Å². The summed E-state index contributed by atoms with van der Waals surface area (Å²) >= 11 is 3.44. The average molecular weight is 267 g/mol. The molecular weight excluding hydrogens is 252 g/mol. The molecule has 0 aliphatic carbocycles. The molecule has 1 aromatic rings. The van der Waals surface area contributed by atoms with Gasteiger partial charge in [-0.1, -0.05) is 48.0 Å². The Morgan fingerprint density at radius 1 is 1.40 bits per heavy atom. The number of halogens is 1. The molecule has 0 spiro atoms. The maximum Gasteiger partial charge on any atom is 0.125 e. The molecule has 2 heteroatoms. The lowest BCUT2D eigenvalue weighted by atomic mass is 9.75. The number of ether oxygens (including phenoxy) is 1. The Balaban J connectivity index is 2.39. The molecule has 1 heterocycles. The van der Waals surface area contributed by atoms with Gasteiger partial charge in [-0.25, -0.2) is 0 Å². The van der Waals surface area contributed by atoms with Gasteiger partial charge in [0.25, 0.3) is 0 Å². The summed E-state index contributed by atoms with van der Waals surface area (Å²) in [6.45, 7) is 9.00. The molecule has 0 aromatic heterocycles. The largest absolute Gasteiger partial charge is 0.364 e. The van der Waals surface area contributed by atoms with Gasteiger partial charge in [-0.2, -0.15) is 0 Å². The van der Waals surface area contributed by atoms with E-state index >= 15 is 0 Å². The van der Waals surface area contributed by atoms with Gasteiger partial charge >= 0.3 is 0 Å². The summed E-state index contributed by atoms with van der Waals surface area (Å²) in [6, 6.07) is 8.33. The van der Waals surface area contributed by atoms with Crippen LogP contribution < -0.4 is 0 Å². The van der Waals surface area contributed by atoms with Crippen LogP contribution in [0.2, 0.25) is 0 Å². The molecule has 1 aromatic carbocycles. The molecule has 1 aliphatic rings. The van der Waals surface area contributed by atoms with E-state index in [-0.39, 0.29) is 11.0 Å². The molecule has 1 atom stereocenters. The minimum Gasteiger partial charge on any atom is -0.364 e. The summed E-state index contributed by atoms with van der Waals surface area (Å²) in [5.74, 6) is 0. The first kappa shape index (κ1) is 10.9. The molecule has 1 saturated heterocycles. The Kier molecular flexibility index (Phi) is 2.52. The molecule has 80 valence electrons. The molecular formula is C13H15BrO. The molecule has 1 aliphatic heterocycles. The third kappa shape index (κ3) is 1.66. The molecule has 15 heavy (non-hydrogen) atoms. The summed E-state index contributed by atoms with van der Waals surface area (Å²) in [4.78, 5) is 0. The Labute approximate surface area is 99.3 Å². The lowest BCUT2D eigenvalue weighted by Crippen LogP contribution is -2.28. The smallest absolute Gasteiger partial charge is 0.125 e. The van der Waals surface area contributed by atoms with Crippen molar-refractivity contribution in [1.82, 2.24) is 0 Å². The third-order valence-corrected chi connectivity index (χ3v) is 3.82. The van der Waals surface area contributed by atoms with Crippen molar-refractivity contribution in [3.63, 3.8) is 0 Å². The fourth-order valence-electron chi connectivity index (χ4n) is 1.87. The predicted octanol–water partition coefficient (Wildman–Crippen LogP) is 3.89. The van der Waals surface area contributed by atoms with E-state index in [1.54, 1.807) is 0 Å². The second-order valence-electron chi connectivity index (χ2n) is 4.55. The highest BCUT2D eigenvalue weighted by molar-refractivity contribution is 9.10. The lowest BCUT2D eigenvalue weighted by molar-refractivity contribution is 0.183. The monoisotopic (exact) mass is 266 g/mol. The Morgan fingerprint density at radius 2 is 1.93 bits per heavy atom. The van der Waals surface area contributed by atoms with Crippen LogP contribution in [0.1, 0.15) is 19.4 Å². The topological polar surface area (TPSA) is 12.5 Å². The normalized spacial score (nSPS) is 25.0. The molecule has 0 bridgehead atoms. The van der Waals surface area contributed by atoms with E-state index in [4.69, 9.17) is 4.74 Å². The van der Waals surface area contributed by atoms with Crippen molar-refractivity contribution >= 4 is 15.9 Å². The van der Waals surface area contributed by atoms with Crippen molar-refractivity contribution < 1.29 is 4.74 Å². The van der Waals surface area contributed by atoms with Crippen LogP contribution in [0.3, 0.4) is 0 Å². The first-order valence-electron chi connectivity index (χ1n) is 5.05. The van der Waals surface area contributed by atoms with Gasteiger partial charge in [0, 0.05) is 9.89 Å². The number of hydrogen-bond acceptors (Lipinski definition) is 1. The highest BCUT2D eigenvalue weighted by atomic mass is 79.9. The van der Waals surface area contributed by atoms with Crippen molar-refractivity contribution in [2.24, 2.45) is 5.41 Å². The minimum atomic E-state index is -0.157. The molecule has 1 nitrogen and oxygen atoms in total. The van der Waals surface area contributed by atoms with Crippen LogP contribution in [0.25, 0.3) is 0 Å². The van der Waals surface area contributed by atoms with E-state index in [0.29, 0.717) is 0 Å². The van der Waals surface area contributed by atoms with Crippen molar-refractivity contribution in [3.05, 3.63) is 47.0 Å². The van der Waals surface area contributed by atoms with Crippen molar-refractivity contribution in [1.29, 1.82) is 0 Å². The highest BCUT2D eigenvalue weighted by Crippen LogP contribution is 2.53. The number of hydrogen-bond donors (Lipinski definition) is 0. The summed E-state index contributed by atoms with van der Waals surface area (Å²) in [5, 5.41) is 0. The highest BCUT2D eigenvalue weighted by Gasteiger charge is 2.56. The number of epoxide rings is 1. The average Bonchev–Trinajstić information content (AvgIpc) is 3.00. The van der Waals surface area contributed by atoms with Gasteiger partial charge in [-0.15, -0.1) is 6.58 Å². The van der Waals surface area contributed by atoms with E-state index in [1.807, 2.05) is 6.08 Å². The zero-order valence-corrected chi connectivity index (χ0v) is 10.7. The molecule has 0 saturated carbocycles. The molecule has 1 unspecified atom stereocenters. The van der Waals surface area contributed by atoms with Crippen LogP contribution >= 0.6 is 15.9 Å². The lowest BCUT2D eigenvalue weighted by Gasteiger charge is -2.28. The molecule has 0 radical (unpaired) electrons. The van der Waals surface area contributed by atoms with Crippen LogP contribution in [0.5, 0.6) is 0 Å². The number of rotatable bonds is 3. The SMILES string of the molecule is C=CC(C)(C)C1(c2ccc(Br)cc2)CO1. The van der Waals surface area contributed by atoms with E-state index in [1.165, 1.54) is 5.56 Å². The van der Waals surface area contributed by atoms with E-state index in [9.17, 15) is 0 Å². The Morgan fingerprint density at radius 3 is 2.33 bits per heavy atom. The molecule has 2 rings (SSSR count). The summed E-state index contributed by atoms with van der Waals surface area (Å²) in [7, 11) is 0. The van der Waals surface area contributed by atoms with Gasteiger partial charge < -0.3 is 4.74 Å². The summed E-state index contributed by atoms with van der Waals surface area (Å²) in [6.07, 6.45) is 1.97. The van der Waals surface area contributed by atoms with Gasteiger partial charge in [0.15, 0.2) is 0 Å². The molecule has 1 fully saturated rings. The second kappa shape index (κ2) is 3.46. The van der Waals surface area contributed by atoms with Crippen molar-refractivity contribution in [3.8, 4) is 0 Å². The minimum absolute atomic E-state index is 0.0270. The quantitative estimate of drug-likeness (QED) is 0.598. The molecule has 0 amide bonds. The summed E-state index contributed by atoms with van der Waals surface area (Å²) < 4.78 is 6.79. The fourth-order valence-corrected chi connectivity index (χ4v) is 2.13. The standard InChI is InChI=1S/C13H15BrO/c1-4-12(2,3)13(9-15-13)10-5-7-11(14)8-6-10/h4-8H,1,9H2,2-3H3. The molecule has 0 N–H and O–H groups in total. The fraction of sp³-hybridized carbons (Fsp3) is 0.385. The van der Waals surface area contributed by atoms with Crippen LogP contribution in [0, 0.1) is 5.41 Å². The Bertz CT molecular complexity index is 374. The predicted molar refractivity (Wildman–Crippen MR) is 65.8 cm³/mol. The van der Waals surface area contributed by atoms with Crippen LogP contribution in [-0.2, 0) is 10.3 Å². The summed E-state index contributed by atoms with van der Waals surface area (Å²) in [5.41, 5.74) is 1.05. The first-order valence-corrected chi connectivity index (χ1v) is 5.85. The van der Waals surface area contributed by atoms with Crippen LogP contribution in [0.4, 0.5) is 0 Å². The first-order chi connectivity index (χ1) is 7.02. The zero-order valence-electron chi connectivity index (χ0n) is 9.09. The maximum atomic E-state index is 5.69.